The second-order valence-corrected chi connectivity index (χ2v) is 3.90. The van der Waals surface area contributed by atoms with E-state index in [1.807, 2.05) is 42.3 Å². The highest BCUT2D eigenvalue weighted by Crippen LogP contribution is 2.13. The lowest BCUT2D eigenvalue weighted by molar-refractivity contribution is 0.179. The highest BCUT2D eigenvalue weighted by molar-refractivity contribution is 5.46. The van der Waals surface area contributed by atoms with Gasteiger partial charge in [-0.05, 0) is 19.2 Å². The molecule has 17 heavy (non-hydrogen) atoms. The molecule has 0 aromatic heterocycles. The summed E-state index contributed by atoms with van der Waals surface area (Å²) < 4.78 is 0. The van der Waals surface area contributed by atoms with Gasteiger partial charge in [0.25, 0.3) is 0 Å². The summed E-state index contributed by atoms with van der Waals surface area (Å²) in [5.41, 5.74) is 1.04. The van der Waals surface area contributed by atoms with Gasteiger partial charge in [0, 0.05) is 25.3 Å². The third-order valence-corrected chi connectivity index (χ3v) is 2.49. The molecule has 0 aliphatic carbocycles. The molecule has 0 heterocycles. The first-order valence-corrected chi connectivity index (χ1v) is 5.77. The third kappa shape index (κ3) is 4.85. The highest BCUT2D eigenvalue weighted by Gasteiger charge is 2.11. The minimum absolute atomic E-state index is 0.432. The first-order chi connectivity index (χ1) is 8.27. The molecule has 0 amide bonds. The third-order valence-electron chi connectivity index (χ3n) is 2.49. The van der Waals surface area contributed by atoms with Crippen molar-refractivity contribution in [2.45, 2.75) is 12.5 Å². The largest absolute Gasteiger partial charge is 0.390 e. The second kappa shape index (κ2) is 7.66. The molecule has 1 rings (SSSR count). The van der Waals surface area contributed by atoms with Crippen molar-refractivity contribution >= 4 is 5.69 Å². The molecule has 0 spiro atoms. The van der Waals surface area contributed by atoms with Crippen LogP contribution in [-0.4, -0.2) is 37.9 Å². The van der Waals surface area contributed by atoms with Gasteiger partial charge >= 0.3 is 0 Å². The van der Waals surface area contributed by atoms with Crippen LogP contribution < -0.4 is 10.2 Å². The van der Waals surface area contributed by atoms with Crippen molar-refractivity contribution in [3.05, 3.63) is 30.3 Å². The number of rotatable bonds is 7. The van der Waals surface area contributed by atoms with E-state index in [4.69, 9.17) is 5.26 Å². The molecule has 1 aromatic rings. The predicted molar refractivity (Wildman–Crippen MR) is 68.8 cm³/mol. The van der Waals surface area contributed by atoms with Crippen molar-refractivity contribution in [3.63, 3.8) is 0 Å². The topological polar surface area (TPSA) is 59.3 Å². The van der Waals surface area contributed by atoms with Crippen LogP contribution in [0.4, 0.5) is 5.69 Å². The zero-order chi connectivity index (χ0) is 12.5. The number of nitrogens with one attached hydrogen (secondary N) is 1. The van der Waals surface area contributed by atoms with E-state index in [1.54, 1.807) is 0 Å². The Morgan fingerprint density at radius 2 is 2.12 bits per heavy atom. The van der Waals surface area contributed by atoms with Crippen molar-refractivity contribution < 1.29 is 5.11 Å². The van der Waals surface area contributed by atoms with E-state index in [9.17, 15) is 5.11 Å². The number of nitriles is 1. The van der Waals surface area contributed by atoms with Crippen LogP contribution in [-0.2, 0) is 0 Å². The number of hydrogen-bond donors (Lipinski definition) is 2. The van der Waals surface area contributed by atoms with Crippen LogP contribution >= 0.6 is 0 Å². The lowest BCUT2D eigenvalue weighted by atomic mass is 10.2. The lowest BCUT2D eigenvalue weighted by Gasteiger charge is -2.26. The normalized spacial score (nSPS) is 11.8. The molecular formula is C13H19N3O. The van der Waals surface area contributed by atoms with Gasteiger partial charge in [0.2, 0.25) is 0 Å². The lowest BCUT2D eigenvalue weighted by Crippen LogP contribution is -2.38. The molecule has 0 aliphatic heterocycles. The minimum Gasteiger partial charge on any atom is -0.390 e. The van der Waals surface area contributed by atoms with E-state index in [0.29, 0.717) is 26.1 Å². The van der Waals surface area contributed by atoms with Gasteiger partial charge in [-0.3, -0.25) is 0 Å². The summed E-state index contributed by atoms with van der Waals surface area (Å²) in [6.45, 7) is 1.73. The maximum atomic E-state index is 9.79. The van der Waals surface area contributed by atoms with Gasteiger partial charge in [-0.1, -0.05) is 18.2 Å². The fourth-order valence-electron chi connectivity index (χ4n) is 1.70. The summed E-state index contributed by atoms with van der Waals surface area (Å²) >= 11 is 0. The number of aliphatic hydroxyl groups excluding tert-OH is 1. The summed E-state index contributed by atoms with van der Waals surface area (Å²) in [7, 11) is 1.81. The van der Waals surface area contributed by atoms with E-state index < -0.39 is 6.10 Å². The number of para-hydroxylation sites is 1. The molecule has 0 saturated carbocycles. The molecule has 1 atom stereocenters. The maximum absolute atomic E-state index is 9.79. The fourth-order valence-corrected chi connectivity index (χ4v) is 1.70. The van der Waals surface area contributed by atoms with Gasteiger partial charge in [0.1, 0.15) is 0 Å². The predicted octanol–water partition coefficient (Wildman–Crippen LogP) is 0.987. The Hall–Kier alpha value is -1.57. The van der Waals surface area contributed by atoms with Crippen molar-refractivity contribution in [3.8, 4) is 6.07 Å². The van der Waals surface area contributed by atoms with Crippen LogP contribution in [0.25, 0.3) is 0 Å². The fraction of sp³-hybridized carbons (Fsp3) is 0.462. The molecule has 0 aliphatic rings. The summed E-state index contributed by atoms with van der Waals surface area (Å²) in [6, 6.07) is 12.0. The van der Waals surface area contributed by atoms with E-state index in [-0.39, 0.29) is 0 Å². The quantitative estimate of drug-likeness (QED) is 0.737. The van der Waals surface area contributed by atoms with Crippen molar-refractivity contribution in [2.24, 2.45) is 0 Å². The monoisotopic (exact) mass is 233 g/mol. The van der Waals surface area contributed by atoms with Crippen LogP contribution in [0, 0.1) is 11.3 Å². The molecule has 2 N–H and O–H groups in total. The molecular weight excluding hydrogens is 214 g/mol. The minimum atomic E-state index is -0.432. The Bertz CT molecular complexity index is 347. The molecule has 0 saturated heterocycles. The maximum Gasteiger partial charge on any atom is 0.0839 e. The van der Waals surface area contributed by atoms with Crippen LogP contribution in [0.15, 0.2) is 30.3 Å². The molecule has 92 valence electrons. The smallest absolute Gasteiger partial charge is 0.0839 e. The molecule has 1 aromatic carbocycles. The standard InChI is InChI=1S/C13H19N3O/c1-15-10-13(17)11-16(9-5-8-14)12-6-3-2-4-7-12/h2-4,6-7,13,15,17H,5,9-11H2,1H3. The Morgan fingerprint density at radius 1 is 1.41 bits per heavy atom. The van der Waals surface area contributed by atoms with Crippen LogP contribution in [0.3, 0.4) is 0 Å². The molecule has 1 unspecified atom stereocenters. The number of benzene rings is 1. The zero-order valence-corrected chi connectivity index (χ0v) is 10.1. The number of aliphatic hydroxyl groups is 1. The summed E-state index contributed by atoms with van der Waals surface area (Å²) in [4.78, 5) is 2.03. The van der Waals surface area contributed by atoms with Gasteiger partial charge in [-0.15, -0.1) is 0 Å². The first-order valence-electron chi connectivity index (χ1n) is 5.77. The average molecular weight is 233 g/mol. The summed E-state index contributed by atoms with van der Waals surface area (Å²) in [5, 5.41) is 21.4. The molecule has 0 radical (unpaired) electrons. The number of hydrogen-bond acceptors (Lipinski definition) is 4. The van der Waals surface area contributed by atoms with E-state index in [0.717, 1.165) is 5.69 Å². The molecule has 4 nitrogen and oxygen atoms in total. The van der Waals surface area contributed by atoms with Crippen molar-refractivity contribution in [1.82, 2.24) is 5.32 Å². The van der Waals surface area contributed by atoms with E-state index >= 15 is 0 Å². The summed E-state index contributed by atoms with van der Waals surface area (Å²) in [5.74, 6) is 0. The SMILES string of the molecule is CNCC(O)CN(CCC#N)c1ccccc1. The Balaban J connectivity index is 2.64. The van der Waals surface area contributed by atoms with Crippen LogP contribution in [0.1, 0.15) is 6.42 Å². The average Bonchev–Trinajstić information content (AvgIpc) is 2.36. The Labute approximate surface area is 102 Å². The van der Waals surface area contributed by atoms with Crippen LogP contribution in [0.5, 0.6) is 0 Å². The van der Waals surface area contributed by atoms with Gasteiger partial charge in [-0.25, -0.2) is 0 Å². The molecule has 0 bridgehead atoms. The van der Waals surface area contributed by atoms with Gasteiger partial charge in [0.15, 0.2) is 0 Å². The second-order valence-electron chi connectivity index (χ2n) is 3.90. The van der Waals surface area contributed by atoms with Gasteiger partial charge in [-0.2, -0.15) is 5.26 Å². The number of nitrogens with zero attached hydrogens (tertiary/aromatic N) is 2. The first kappa shape index (κ1) is 13.5. The van der Waals surface area contributed by atoms with Crippen molar-refractivity contribution in [1.29, 1.82) is 5.26 Å². The molecule has 0 fully saturated rings. The Morgan fingerprint density at radius 3 is 2.71 bits per heavy atom. The highest BCUT2D eigenvalue weighted by atomic mass is 16.3. The number of likely N-dealkylation sites (N-methyl/N-ethyl adjacent to an activating group) is 1. The van der Waals surface area contributed by atoms with Crippen molar-refractivity contribution in [2.75, 3.05) is 31.6 Å². The zero-order valence-electron chi connectivity index (χ0n) is 10.1. The Kier molecular flexibility index (Phi) is 6.08. The van der Waals surface area contributed by atoms with Gasteiger partial charge in [0.05, 0.1) is 18.6 Å². The van der Waals surface area contributed by atoms with Crippen LogP contribution in [0.2, 0.25) is 0 Å². The number of anilines is 1. The molecule has 4 heteroatoms. The summed E-state index contributed by atoms with van der Waals surface area (Å²) in [6.07, 6.45) is 0.0279. The van der Waals surface area contributed by atoms with Gasteiger partial charge < -0.3 is 15.3 Å². The van der Waals surface area contributed by atoms with E-state index in [1.165, 1.54) is 0 Å². The van der Waals surface area contributed by atoms with E-state index in [2.05, 4.69) is 11.4 Å².